The van der Waals surface area contributed by atoms with Crippen molar-refractivity contribution in [2.24, 2.45) is 0 Å². The van der Waals surface area contributed by atoms with Crippen LogP contribution in [0.3, 0.4) is 0 Å². The number of hydrogen-bond donors (Lipinski definition) is 0. The number of esters is 1. The topological polar surface area (TPSA) is 80.8 Å². The molecule has 0 bridgehead atoms. The number of ether oxygens (including phenoxy) is 1. The second-order valence-electron chi connectivity index (χ2n) is 6.83. The second-order valence-corrected chi connectivity index (χ2v) is 6.83. The highest BCUT2D eigenvalue weighted by atomic mass is 19.1. The lowest BCUT2D eigenvalue weighted by Crippen LogP contribution is -2.18. The summed E-state index contributed by atoms with van der Waals surface area (Å²) in [6.45, 7) is 3.63. The number of aromatic nitrogens is 3. The number of nitriles is 1. The first-order valence-electron chi connectivity index (χ1n) is 8.32. The van der Waals surface area contributed by atoms with Gasteiger partial charge in [0.05, 0.1) is 17.2 Å². The van der Waals surface area contributed by atoms with Crippen LogP contribution in [0.25, 0.3) is 0 Å². The number of fused-ring (bicyclic) bond motifs is 1. The molecule has 0 spiro atoms. The molecular weight excluding hydrogens is 347 g/mol. The molecule has 27 heavy (non-hydrogen) atoms. The van der Waals surface area contributed by atoms with Gasteiger partial charge in [-0.25, -0.2) is 18.9 Å². The number of nitrogens with zero attached hydrogens (tertiary/aromatic N) is 4. The Morgan fingerprint density at radius 2 is 2.07 bits per heavy atom. The molecule has 0 aliphatic carbocycles. The van der Waals surface area contributed by atoms with Crippen LogP contribution in [-0.2, 0) is 10.3 Å². The first-order valence-corrected chi connectivity index (χ1v) is 8.32. The quantitative estimate of drug-likeness (QED) is 0.668. The fourth-order valence-corrected chi connectivity index (χ4v) is 3.39. The summed E-state index contributed by atoms with van der Waals surface area (Å²) in [6, 6.07) is 10.9. The molecule has 1 aliphatic rings. The monoisotopic (exact) mass is 362 g/mol. The number of halogens is 1. The fourth-order valence-electron chi connectivity index (χ4n) is 3.39. The van der Waals surface area contributed by atoms with Gasteiger partial charge in [-0.05, 0) is 43.7 Å². The number of benzene rings is 2. The van der Waals surface area contributed by atoms with Gasteiger partial charge in [-0.3, -0.25) is 0 Å². The SMILES string of the molecule is CC1(C)OC(=O)c2ccc(C(c3ccc(C#N)cc3F)n3cncn3)cc21. The van der Waals surface area contributed by atoms with Crippen molar-refractivity contribution in [1.82, 2.24) is 14.8 Å². The highest BCUT2D eigenvalue weighted by molar-refractivity contribution is 5.94. The fraction of sp³-hybridized carbons (Fsp3) is 0.200. The van der Waals surface area contributed by atoms with Crippen LogP contribution in [0, 0.1) is 17.1 Å². The maximum Gasteiger partial charge on any atom is 0.339 e. The first-order chi connectivity index (χ1) is 12.9. The molecule has 6 nitrogen and oxygen atoms in total. The summed E-state index contributed by atoms with van der Waals surface area (Å²) in [5, 5.41) is 13.2. The third-order valence-electron chi connectivity index (χ3n) is 4.70. The Kier molecular flexibility index (Phi) is 3.77. The van der Waals surface area contributed by atoms with Crippen LogP contribution in [0.15, 0.2) is 49.1 Å². The zero-order valence-corrected chi connectivity index (χ0v) is 14.7. The van der Waals surface area contributed by atoms with Crippen LogP contribution in [0.1, 0.15) is 52.5 Å². The normalized spacial score (nSPS) is 15.7. The van der Waals surface area contributed by atoms with Gasteiger partial charge in [0.15, 0.2) is 0 Å². The largest absolute Gasteiger partial charge is 0.451 e. The van der Waals surface area contributed by atoms with Gasteiger partial charge >= 0.3 is 5.97 Å². The molecule has 134 valence electrons. The smallest absolute Gasteiger partial charge is 0.339 e. The van der Waals surface area contributed by atoms with E-state index in [0.29, 0.717) is 11.1 Å². The molecule has 0 saturated heterocycles. The molecular formula is C20H15FN4O2. The average Bonchev–Trinajstić information content (AvgIpc) is 3.24. The number of cyclic esters (lactones) is 1. The first kappa shape index (κ1) is 16.9. The predicted molar refractivity (Wildman–Crippen MR) is 93.3 cm³/mol. The molecule has 7 heteroatoms. The molecule has 0 fully saturated rings. The Labute approximate surface area is 154 Å². The molecule has 2 aromatic carbocycles. The molecule has 1 unspecified atom stereocenters. The molecule has 1 atom stereocenters. The number of carbonyl (C=O) groups excluding carboxylic acids is 1. The van der Waals surface area contributed by atoms with Crippen molar-refractivity contribution in [2.75, 3.05) is 0 Å². The summed E-state index contributed by atoms with van der Waals surface area (Å²) >= 11 is 0. The van der Waals surface area contributed by atoms with E-state index < -0.39 is 17.5 Å². The molecule has 3 aromatic rings. The predicted octanol–water partition coefficient (Wildman–Crippen LogP) is 3.33. The van der Waals surface area contributed by atoms with Crippen molar-refractivity contribution >= 4 is 5.97 Å². The highest BCUT2D eigenvalue weighted by Gasteiger charge is 2.38. The van der Waals surface area contributed by atoms with Gasteiger partial charge in [-0.1, -0.05) is 12.1 Å². The molecule has 0 amide bonds. The highest BCUT2D eigenvalue weighted by Crippen LogP contribution is 2.39. The van der Waals surface area contributed by atoms with E-state index in [-0.39, 0.29) is 11.5 Å². The van der Waals surface area contributed by atoms with Gasteiger partial charge in [0.25, 0.3) is 0 Å². The number of hydrogen-bond acceptors (Lipinski definition) is 5. The Morgan fingerprint density at radius 3 is 2.74 bits per heavy atom. The van der Waals surface area contributed by atoms with E-state index in [0.717, 1.165) is 11.1 Å². The van der Waals surface area contributed by atoms with Crippen LogP contribution in [0.2, 0.25) is 0 Å². The zero-order chi connectivity index (χ0) is 19.2. The van der Waals surface area contributed by atoms with Gasteiger partial charge in [-0.2, -0.15) is 10.4 Å². The van der Waals surface area contributed by atoms with E-state index in [2.05, 4.69) is 10.1 Å². The number of carbonyl (C=O) groups is 1. The lowest BCUT2D eigenvalue weighted by molar-refractivity contribution is 0.00952. The molecule has 0 N–H and O–H groups in total. The van der Waals surface area contributed by atoms with Crippen molar-refractivity contribution in [3.8, 4) is 6.07 Å². The van der Waals surface area contributed by atoms with E-state index in [1.54, 1.807) is 24.3 Å². The van der Waals surface area contributed by atoms with E-state index in [9.17, 15) is 9.18 Å². The minimum atomic E-state index is -0.765. The van der Waals surface area contributed by atoms with Gasteiger partial charge in [0.2, 0.25) is 0 Å². The van der Waals surface area contributed by atoms with Crippen molar-refractivity contribution in [3.63, 3.8) is 0 Å². The molecule has 1 aliphatic heterocycles. The van der Waals surface area contributed by atoms with E-state index in [4.69, 9.17) is 10.00 Å². The van der Waals surface area contributed by atoms with Crippen molar-refractivity contribution in [3.05, 3.63) is 82.7 Å². The van der Waals surface area contributed by atoms with Crippen molar-refractivity contribution < 1.29 is 13.9 Å². The average molecular weight is 362 g/mol. The third kappa shape index (κ3) is 2.75. The minimum absolute atomic E-state index is 0.239. The summed E-state index contributed by atoms with van der Waals surface area (Å²) in [4.78, 5) is 16.0. The summed E-state index contributed by atoms with van der Waals surface area (Å²) in [7, 11) is 0. The van der Waals surface area contributed by atoms with Gasteiger partial charge < -0.3 is 4.74 Å². The zero-order valence-electron chi connectivity index (χ0n) is 14.7. The Bertz CT molecular complexity index is 1080. The van der Waals surface area contributed by atoms with Crippen LogP contribution >= 0.6 is 0 Å². The lowest BCUT2D eigenvalue weighted by Gasteiger charge is -2.22. The van der Waals surface area contributed by atoms with Gasteiger partial charge in [0, 0.05) is 11.1 Å². The Balaban J connectivity index is 1.90. The Morgan fingerprint density at radius 1 is 1.26 bits per heavy atom. The van der Waals surface area contributed by atoms with Crippen molar-refractivity contribution in [1.29, 1.82) is 5.26 Å². The standard InChI is InChI=1S/C20H15FN4O2/c1-20(2)16-8-13(4-6-14(16)19(26)27-20)18(25-11-23-10-24-25)15-5-3-12(9-22)7-17(15)21/h3-8,10-11,18H,1-2H3. The summed E-state index contributed by atoms with van der Waals surface area (Å²) in [5.74, 6) is -0.884. The van der Waals surface area contributed by atoms with Crippen LogP contribution in [0.5, 0.6) is 0 Å². The molecule has 0 saturated carbocycles. The van der Waals surface area contributed by atoms with Crippen LogP contribution in [-0.4, -0.2) is 20.7 Å². The maximum atomic E-state index is 14.8. The minimum Gasteiger partial charge on any atom is -0.451 e. The molecule has 4 rings (SSSR count). The third-order valence-corrected chi connectivity index (χ3v) is 4.70. The Hall–Kier alpha value is -3.53. The summed E-state index contributed by atoms with van der Waals surface area (Å²) in [6.07, 6.45) is 2.88. The van der Waals surface area contributed by atoms with Crippen molar-refractivity contribution in [2.45, 2.75) is 25.5 Å². The summed E-state index contributed by atoms with van der Waals surface area (Å²) in [5.41, 5.74) is 1.79. The van der Waals surface area contributed by atoms with Crippen LogP contribution in [0.4, 0.5) is 4.39 Å². The molecule has 1 aromatic heterocycles. The van der Waals surface area contributed by atoms with E-state index in [1.807, 2.05) is 26.0 Å². The van der Waals surface area contributed by atoms with Gasteiger partial charge in [-0.15, -0.1) is 0 Å². The van der Waals surface area contributed by atoms with E-state index in [1.165, 1.54) is 23.4 Å². The summed E-state index contributed by atoms with van der Waals surface area (Å²) < 4.78 is 21.7. The van der Waals surface area contributed by atoms with E-state index >= 15 is 0 Å². The molecule has 2 heterocycles. The number of rotatable bonds is 3. The maximum absolute atomic E-state index is 14.8. The van der Waals surface area contributed by atoms with Gasteiger partial charge in [0.1, 0.15) is 30.1 Å². The molecule has 0 radical (unpaired) electrons. The lowest BCUT2D eigenvalue weighted by atomic mass is 9.90. The van der Waals surface area contributed by atoms with Crippen LogP contribution < -0.4 is 0 Å². The second kappa shape index (κ2) is 6.02.